The second-order valence-corrected chi connectivity index (χ2v) is 17.2. The largest absolute Gasteiger partial charge is 0.347 e. The van der Waals surface area contributed by atoms with Gasteiger partial charge >= 0.3 is 6.03 Å². The minimum absolute atomic E-state index is 0.0612. The molecule has 4 aliphatic rings. The van der Waals surface area contributed by atoms with Crippen molar-refractivity contribution in [3.8, 4) is 0 Å². The van der Waals surface area contributed by atoms with E-state index in [1.165, 1.54) is 20.8 Å². The molecule has 4 rings (SSSR count). The summed E-state index contributed by atoms with van der Waals surface area (Å²) in [6.45, 7) is -4.46. The average Bonchev–Trinajstić information content (AvgIpc) is 3.98. The number of urea groups is 1. The number of carbonyl (C=O) groups excluding carboxylic acids is 5. The van der Waals surface area contributed by atoms with Crippen molar-refractivity contribution in [1.82, 2.24) is 26.2 Å². The predicted octanol–water partition coefficient (Wildman–Crippen LogP) is 3.62. The van der Waals surface area contributed by atoms with E-state index in [2.05, 4.69) is 16.0 Å². The number of amides is 5. The summed E-state index contributed by atoms with van der Waals surface area (Å²) in [7, 11) is -6.82. The van der Waals surface area contributed by atoms with Crippen molar-refractivity contribution >= 4 is 39.4 Å². The first kappa shape index (κ1) is 20.4. The van der Waals surface area contributed by atoms with E-state index in [1.54, 1.807) is 5.32 Å². The van der Waals surface area contributed by atoms with Gasteiger partial charge in [-0.2, -0.15) is 0 Å². The normalized spacial score (nSPS) is 37.4. The van der Waals surface area contributed by atoms with Gasteiger partial charge < -0.3 is 26.2 Å². The molecule has 0 aromatic rings. The molecule has 3 saturated carbocycles. The van der Waals surface area contributed by atoms with Gasteiger partial charge in [0, 0.05) is 38.6 Å². The topological polar surface area (TPSA) is 171 Å². The highest BCUT2D eigenvalue weighted by Crippen LogP contribution is 2.65. The lowest BCUT2D eigenvalue weighted by Crippen LogP contribution is -2.64. The number of ketones is 1. The van der Waals surface area contributed by atoms with Crippen molar-refractivity contribution in [3.05, 3.63) is 0 Å². The third kappa shape index (κ3) is 8.79. The number of rotatable bonds is 13. The summed E-state index contributed by atoms with van der Waals surface area (Å²) in [6.07, 6.45) is -20.0. The molecule has 4 fully saturated rings. The maximum absolute atomic E-state index is 14.8. The SMILES string of the molecule is [2H]C([2H])([2H])C(C([2H])([2H])[2H])(C([2H])([2H])[2H])S(=O)(=O)CC1(NC(=O)N[C@H](C(=O)N2C[C@H]3[C@@H]([C@H]2C(=O)N[C@@H](CCCC)C(=O)C(=O)NC2CC2)C3(C)C)C(C)(C)C)C([2H])([2H])C([2H])([2H])C([2H])([2H])C([2H])([2H])C1([2H])[2H]. The van der Waals surface area contributed by atoms with Gasteiger partial charge in [0.1, 0.15) is 12.1 Å². The highest BCUT2D eigenvalue weighted by Gasteiger charge is 2.70. The van der Waals surface area contributed by atoms with Crippen LogP contribution in [0.3, 0.4) is 0 Å². The second-order valence-electron chi connectivity index (χ2n) is 15.1. The number of sulfone groups is 1. The lowest BCUT2D eigenvalue weighted by Gasteiger charge is -2.41. The monoisotopic (exact) mass is 727 g/mol. The van der Waals surface area contributed by atoms with Gasteiger partial charge in [0.2, 0.25) is 17.6 Å². The van der Waals surface area contributed by atoms with Crippen LogP contribution in [0.2, 0.25) is 0 Å². The molecule has 0 aromatic carbocycles. The number of nitrogens with zero attached hydrogens (tertiary/aromatic N) is 1. The Morgan fingerprint density at radius 1 is 1.00 bits per heavy atom. The number of likely N-dealkylation sites (tertiary alicyclic amines) is 1. The van der Waals surface area contributed by atoms with Crippen molar-refractivity contribution in [1.29, 1.82) is 0 Å². The molecule has 1 saturated heterocycles. The Hall–Kier alpha value is -2.70. The molecule has 0 unspecified atom stereocenters. The van der Waals surface area contributed by atoms with Crippen LogP contribution in [-0.2, 0) is 29.0 Å². The van der Waals surface area contributed by atoms with Crippen LogP contribution in [0.1, 0.15) is 152 Å². The number of unbranched alkanes of at least 4 members (excludes halogenated alkanes) is 1. The highest BCUT2D eigenvalue weighted by molar-refractivity contribution is 7.92. The van der Waals surface area contributed by atoms with Crippen molar-refractivity contribution in [2.45, 2.75) is 161 Å². The summed E-state index contributed by atoms with van der Waals surface area (Å²) in [5.74, 6) is -7.44. The molecule has 3 aliphatic carbocycles. The van der Waals surface area contributed by atoms with E-state index in [-0.39, 0.29) is 24.9 Å². The highest BCUT2D eigenvalue weighted by atomic mass is 32.2. The maximum Gasteiger partial charge on any atom is 0.315 e. The van der Waals surface area contributed by atoms with E-state index >= 15 is 0 Å². The fraction of sp³-hybridized carbons (Fsp3) is 0.861. The van der Waals surface area contributed by atoms with Crippen molar-refractivity contribution in [2.75, 3.05) is 12.3 Å². The number of carbonyl (C=O) groups is 5. The van der Waals surface area contributed by atoms with E-state index in [0.717, 1.165) is 4.90 Å². The minimum Gasteiger partial charge on any atom is -0.347 e. The first-order valence-corrected chi connectivity index (χ1v) is 18.0. The Morgan fingerprint density at radius 3 is 2.18 bits per heavy atom. The van der Waals surface area contributed by atoms with Gasteiger partial charge in [-0.3, -0.25) is 19.2 Å². The number of piperidine rings is 1. The van der Waals surface area contributed by atoms with E-state index < -0.39 is 143 Å². The molecule has 49 heavy (non-hydrogen) atoms. The third-order valence-corrected chi connectivity index (χ3v) is 11.4. The van der Waals surface area contributed by atoms with E-state index in [9.17, 15) is 32.4 Å². The first-order chi connectivity index (χ1) is 30.1. The molecule has 0 spiro atoms. The van der Waals surface area contributed by atoms with Gasteiger partial charge in [-0.15, -0.1) is 0 Å². The molecule has 1 heterocycles. The van der Waals surface area contributed by atoms with Crippen LogP contribution in [0.25, 0.3) is 0 Å². The van der Waals surface area contributed by atoms with Crippen LogP contribution in [0, 0.1) is 22.7 Å². The Kier molecular flexibility index (Phi) is 5.88. The summed E-state index contributed by atoms with van der Waals surface area (Å²) >= 11 is 0. The Morgan fingerprint density at radius 2 is 1.63 bits per heavy atom. The van der Waals surface area contributed by atoms with Gasteiger partial charge in [-0.05, 0) is 75.2 Å². The number of fused-ring (bicyclic) bond motifs is 1. The predicted molar refractivity (Wildman–Crippen MR) is 188 cm³/mol. The molecule has 1 aliphatic heterocycles. The molecule has 4 N–H and O–H groups in total. The average molecular weight is 727 g/mol. The first-order valence-electron chi connectivity index (χ1n) is 25.9. The van der Waals surface area contributed by atoms with Gasteiger partial charge in [0.05, 0.1) is 22.1 Å². The van der Waals surface area contributed by atoms with Crippen LogP contribution < -0.4 is 21.3 Å². The zero-order chi connectivity index (χ0) is 53.2. The van der Waals surface area contributed by atoms with Crippen LogP contribution in [0.4, 0.5) is 4.79 Å². The van der Waals surface area contributed by atoms with Crippen molar-refractivity contribution in [3.63, 3.8) is 0 Å². The zero-order valence-electron chi connectivity index (χ0n) is 47.6. The van der Waals surface area contributed by atoms with E-state index in [4.69, 9.17) is 26.0 Å². The summed E-state index contributed by atoms with van der Waals surface area (Å²) in [6, 6.07) is -6.77. The molecule has 0 bridgehead atoms. The summed E-state index contributed by atoms with van der Waals surface area (Å²) in [5.41, 5.74) is -6.55. The van der Waals surface area contributed by atoms with Crippen LogP contribution in [0.15, 0.2) is 0 Å². The smallest absolute Gasteiger partial charge is 0.315 e. The van der Waals surface area contributed by atoms with Gasteiger partial charge in [0.25, 0.3) is 5.91 Å². The van der Waals surface area contributed by atoms with E-state index in [0.29, 0.717) is 25.7 Å². The summed E-state index contributed by atoms with van der Waals surface area (Å²) in [5, 5.41) is 8.88. The van der Waals surface area contributed by atoms with Gasteiger partial charge in [0.15, 0.2) is 9.84 Å². The molecule has 12 nitrogen and oxygen atoms in total. The summed E-state index contributed by atoms with van der Waals surface area (Å²) in [4.78, 5) is 70.9. The molecular formula is C36H61N5O7S. The zero-order valence-corrected chi connectivity index (χ0v) is 29.4. The van der Waals surface area contributed by atoms with Gasteiger partial charge in [-0.1, -0.05) is 73.5 Å². The number of hydrogen-bond acceptors (Lipinski definition) is 7. The summed E-state index contributed by atoms with van der Waals surface area (Å²) < 4.78 is 183. The molecule has 0 aromatic heterocycles. The Balaban J connectivity index is 1.87. The number of nitrogens with one attached hydrogen (secondary N) is 4. The molecule has 5 amide bonds. The fourth-order valence-corrected chi connectivity index (χ4v) is 7.47. The lowest BCUT2D eigenvalue weighted by atomic mass is 9.83. The van der Waals surface area contributed by atoms with Crippen molar-refractivity contribution < 1.29 is 58.4 Å². The maximum atomic E-state index is 14.8. The minimum atomic E-state index is -6.82. The van der Waals surface area contributed by atoms with Crippen molar-refractivity contribution in [2.24, 2.45) is 22.7 Å². The standard InChI is InChI=1S/C36H61N5O7S/c1-10-11-15-24(27(42)30(44)37-22-16-17-22)38-29(43)26-25-23(35(25,8)9)20-41(26)31(45)28(33(2,3)4)39-32(46)40-36(18-13-12-14-19-36)21-49(47,48)34(5,6)7/h22-26,28H,10-21H2,1-9H3,(H,37,44)(H,38,43)(H2,39,40,46)/t23-,24-,25-,26-,28+/m0/s1/i5D3,6D3,7D3,12D2,13D2,14D2,18D2,19D2. The number of hydrogen-bond donors (Lipinski definition) is 4. The molecule has 5 atom stereocenters. The third-order valence-electron chi connectivity index (χ3n) is 9.64. The molecule has 0 radical (unpaired) electrons. The van der Waals surface area contributed by atoms with E-state index in [1.807, 2.05) is 20.8 Å². The molecule has 278 valence electrons. The molecule has 13 heteroatoms. The van der Waals surface area contributed by atoms with Crippen LogP contribution in [-0.4, -0.2) is 89.6 Å². The quantitative estimate of drug-likeness (QED) is 0.210. The Bertz CT molecular complexity index is 2090. The Labute approximate surface area is 320 Å². The second kappa shape index (κ2) is 14.1. The fourth-order valence-electron chi connectivity index (χ4n) is 6.47. The van der Waals surface area contributed by atoms with Crippen LogP contribution >= 0.6 is 0 Å². The van der Waals surface area contributed by atoms with Crippen LogP contribution in [0.5, 0.6) is 0 Å². The molecular weight excluding hydrogens is 646 g/mol. The lowest BCUT2D eigenvalue weighted by molar-refractivity contribution is -0.145. The number of Topliss-reactive ketones (excluding diaryl/α,β-unsaturated/α-hetero) is 1. The van der Waals surface area contributed by atoms with Gasteiger partial charge in [-0.25, -0.2) is 13.2 Å².